The van der Waals surface area contributed by atoms with Gasteiger partial charge in [0, 0.05) is 30.0 Å². The lowest BCUT2D eigenvalue weighted by Gasteiger charge is -2.36. The summed E-state index contributed by atoms with van der Waals surface area (Å²) in [6, 6.07) is 6.84. The topological polar surface area (TPSA) is 54.0 Å². The van der Waals surface area contributed by atoms with Crippen LogP contribution >= 0.6 is 0 Å². The third-order valence-corrected chi connectivity index (χ3v) is 5.08. The van der Waals surface area contributed by atoms with Crippen LogP contribution in [0.25, 0.3) is 0 Å². The summed E-state index contributed by atoms with van der Waals surface area (Å²) >= 11 is 0. The number of aryl methyl sites for hydroxylation is 2. The Morgan fingerprint density at radius 3 is 2.76 bits per heavy atom. The van der Waals surface area contributed by atoms with Crippen molar-refractivity contribution in [1.82, 2.24) is 20.1 Å². The second-order valence-electron chi connectivity index (χ2n) is 7.24. The van der Waals surface area contributed by atoms with Crippen molar-refractivity contribution < 1.29 is 4.74 Å². The molecule has 2 aromatic heterocycles. The maximum Gasteiger partial charge on any atom is 0.232 e. The van der Waals surface area contributed by atoms with Crippen LogP contribution in [-0.4, -0.2) is 39.8 Å². The smallest absolute Gasteiger partial charge is 0.232 e. The molecule has 0 spiro atoms. The first-order valence-electron chi connectivity index (χ1n) is 9.41. The molecule has 0 radical (unpaired) electrons. The zero-order valence-corrected chi connectivity index (χ0v) is 15.9. The van der Waals surface area contributed by atoms with Crippen molar-refractivity contribution in [3.8, 4) is 5.88 Å². The van der Waals surface area contributed by atoms with Gasteiger partial charge in [-0.2, -0.15) is 0 Å². The average Bonchev–Trinajstić information content (AvgIpc) is 3.02. The predicted molar refractivity (Wildman–Crippen MR) is 99.9 cm³/mol. The third kappa shape index (κ3) is 4.60. The number of piperidine rings is 1. The van der Waals surface area contributed by atoms with Gasteiger partial charge in [0.15, 0.2) is 0 Å². The minimum Gasteiger partial charge on any atom is -0.477 e. The number of pyridine rings is 1. The molecule has 2 atom stereocenters. The van der Waals surface area contributed by atoms with Crippen LogP contribution in [0.2, 0.25) is 0 Å². The SMILES string of the molecule is CCOc1cc([C@@H](C)N2CCC[C@H](Cc3cc(C)nc(C)c3)C2)[nH]n1. The van der Waals surface area contributed by atoms with E-state index in [1.165, 1.54) is 18.4 Å². The number of likely N-dealkylation sites (tertiary alicyclic amines) is 1. The van der Waals surface area contributed by atoms with E-state index in [9.17, 15) is 0 Å². The molecule has 1 fully saturated rings. The number of ether oxygens (including phenoxy) is 1. The van der Waals surface area contributed by atoms with Crippen LogP contribution in [-0.2, 0) is 6.42 Å². The molecule has 0 saturated carbocycles. The summed E-state index contributed by atoms with van der Waals surface area (Å²) in [5, 5.41) is 7.39. The van der Waals surface area contributed by atoms with Gasteiger partial charge in [-0.1, -0.05) is 0 Å². The number of aromatic nitrogens is 3. The summed E-state index contributed by atoms with van der Waals surface area (Å²) < 4.78 is 5.48. The standard InChI is InChI=1S/C20H30N4O/c1-5-25-20-12-19(22-23-20)16(4)24-8-6-7-17(13-24)11-18-9-14(2)21-15(3)10-18/h9-10,12,16-17H,5-8,11,13H2,1-4H3,(H,22,23)/t16-,17-/m1/s1. The maximum atomic E-state index is 5.48. The molecule has 0 aliphatic carbocycles. The highest BCUT2D eigenvalue weighted by atomic mass is 16.5. The number of rotatable bonds is 6. The van der Waals surface area contributed by atoms with E-state index in [2.05, 4.69) is 53.0 Å². The molecule has 5 heteroatoms. The quantitative estimate of drug-likeness (QED) is 0.867. The average molecular weight is 342 g/mol. The molecule has 5 nitrogen and oxygen atoms in total. The lowest BCUT2D eigenvalue weighted by Crippen LogP contribution is -2.38. The van der Waals surface area contributed by atoms with Gasteiger partial charge >= 0.3 is 0 Å². The number of aromatic amines is 1. The Kier molecular flexibility index (Phi) is 5.74. The number of nitrogens with zero attached hydrogens (tertiary/aromatic N) is 3. The monoisotopic (exact) mass is 342 g/mol. The van der Waals surface area contributed by atoms with Crippen molar-refractivity contribution in [1.29, 1.82) is 0 Å². The summed E-state index contributed by atoms with van der Waals surface area (Å²) in [6.07, 6.45) is 3.70. The normalized spacial score (nSPS) is 19.8. The fraction of sp³-hybridized carbons (Fsp3) is 0.600. The van der Waals surface area contributed by atoms with Crippen molar-refractivity contribution in [3.63, 3.8) is 0 Å². The molecule has 0 bridgehead atoms. The van der Waals surface area contributed by atoms with Gasteiger partial charge in [-0.15, -0.1) is 5.10 Å². The zero-order valence-electron chi connectivity index (χ0n) is 15.9. The molecule has 1 N–H and O–H groups in total. The minimum absolute atomic E-state index is 0.338. The number of nitrogens with one attached hydrogen (secondary N) is 1. The summed E-state index contributed by atoms with van der Waals surface area (Å²) in [5.74, 6) is 1.40. The highest BCUT2D eigenvalue weighted by molar-refractivity contribution is 5.21. The van der Waals surface area contributed by atoms with Crippen LogP contribution in [0, 0.1) is 19.8 Å². The predicted octanol–water partition coefficient (Wildman–Crippen LogP) is 3.84. The van der Waals surface area contributed by atoms with Crippen molar-refractivity contribution >= 4 is 0 Å². The molecule has 0 amide bonds. The van der Waals surface area contributed by atoms with Gasteiger partial charge in [0.05, 0.1) is 12.3 Å². The lowest BCUT2D eigenvalue weighted by molar-refractivity contribution is 0.129. The Hall–Kier alpha value is -1.88. The van der Waals surface area contributed by atoms with Crippen LogP contribution in [0.3, 0.4) is 0 Å². The molecular formula is C20H30N4O. The highest BCUT2D eigenvalue weighted by Gasteiger charge is 2.25. The molecule has 0 unspecified atom stereocenters. The molecule has 25 heavy (non-hydrogen) atoms. The Balaban J connectivity index is 1.63. The second kappa shape index (κ2) is 8.00. The molecule has 1 aliphatic heterocycles. The van der Waals surface area contributed by atoms with Gasteiger partial charge in [-0.05, 0) is 77.1 Å². The Bertz CT molecular complexity index is 677. The highest BCUT2D eigenvalue weighted by Crippen LogP contribution is 2.28. The first-order valence-corrected chi connectivity index (χ1v) is 9.41. The van der Waals surface area contributed by atoms with Crippen molar-refractivity contribution in [2.24, 2.45) is 5.92 Å². The van der Waals surface area contributed by atoms with Gasteiger partial charge in [0.2, 0.25) is 5.88 Å². The summed E-state index contributed by atoms with van der Waals surface area (Å²) in [7, 11) is 0. The van der Waals surface area contributed by atoms with Gasteiger partial charge in [0.1, 0.15) is 0 Å². The van der Waals surface area contributed by atoms with Gasteiger partial charge in [-0.25, -0.2) is 0 Å². The van der Waals surface area contributed by atoms with Crippen LogP contribution < -0.4 is 4.74 Å². The van der Waals surface area contributed by atoms with Crippen LogP contribution in [0.15, 0.2) is 18.2 Å². The van der Waals surface area contributed by atoms with E-state index in [0.29, 0.717) is 24.4 Å². The minimum atomic E-state index is 0.338. The third-order valence-electron chi connectivity index (χ3n) is 5.08. The zero-order chi connectivity index (χ0) is 17.8. The Labute approximate surface area is 150 Å². The first kappa shape index (κ1) is 17.9. The van der Waals surface area contributed by atoms with E-state index >= 15 is 0 Å². The largest absolute Gasteiger partial charge is 0.477 e. The van der Waals surface area contributed by atoms with E-state index < -0.39 is 0 Å². The molecule has 1 saturated heterocycles. The fourth-order valence-electron chi connectivity index (χ4n) is 3.94. The Morgan fingerprint density at radius 1 is 1.28 bits per heavy atom. The molecule has 3 rings (SSSR count). The molecule has 2 aromatic rings. The molecule has 0 aromatic carbocycles. The van der Waals surface area contributed by atoms with Gasteiger partial charge in [0.25, 0.3) is 0 Å². The van der Waals surface area contributed by atoms with Crippen molar-refractivity contribution in [2.75, 3.05) is 19.7 Å². The number of H-pyrrole nitrogens is 1. The summed E-state index contributed by atoms with van der Waals surface area (Å²) in [4.78, 5) is 7.06. The summed E-state index contributed by atoms with van der Waals surface area (Å²) in [6.45, 7) is 11.3. The van der Waals surface area contributed by atoms with Crippen LogP contribution in [0.5, 0.6) is 5.88 Å². The molecule has 1 aliphatic rings. The Morgan fingerprint density at radius 2 is 2.04 bits per heavy atom. The van der Waals surface area contributed by atoms with Crippen molar-refractivity contribution in [3.05, 3.63) is 40.8 Å². The van der Waals surface area contributed by atoms with E-state index in [-0.39, 0.29) is 0 Å². The molecule has 3 heterocycles. The van der Waals surface area contributed by atoms with Crippen molar-refractivity contribution in [2.45, 2.75) is 53.0 Å². The second-order valence-corrected chi connectivity index (χ2v) is 7.24. The molecule has 136 valence electrons. The van der Waals surface area contributed by atoms with E-state index in [4.69, 9.17) is 4.74 Å². The van der Waals surface area contributed by atoms with Crippen LogP contribution in [0.4, 0.5) is 0 Å². The summed E-state index contributed by atoms with van der Waals surface area (Å²) in [5.41, 5.74) is 4.80. The molecular weight excluding hydrogens is 312 g/mol. The van der Waals surface area contributed by atoms with Gasteiger partial charge in [-0.3, -0.25) is 15.0 Å². The maximum absolute atomic E-state index is 5.48. The number of hydrogen-bond donors (Lipinski definition) is 1. The van der Waals surface area contributed by atoms with Crippen LogP contribution in [0.1, 0.15) is 55.4 Å². The van der Waals surface area contributed by atoms with E-state index in [0.717, 1.165) is 36.6 Å². The lowest BCUT2D eigenvalue weighted by atomic mass is 9.90. The van der Waals surface area contributed by atoms with E-state index in [1.54, 1.807) is 0 Å². The van der Waals surface area contributed by atoms with E-state index in [1.807, 2.05) is 13.0 Å². The number of hydrogen-bond acceptors (Lipinski definition) is 4. The first-order chi connectivity index (χ1) is 12.0. The van der Waals surface area contributed by atoms with Gasteiger partial charge < -0.3 is 4.74 Å². The fourth-order valence-corrected chi connectivity index (χ4v) is 3.94.